The third-order valence-corrected chi connectivity index (χ3v) is 2.79. The summed E-state index contributed by atoms with van der Waals surface area (Å²) in [5.74, 6) is 0.217. The molecule has 2 aromatic heterocycles. The predicted molar refractivity (Wildman–Crippen MR) is 64.8 cm³/mol. The molecule has 0 saturated heterocycles. The van der Waals surface area contributed by atoms with Gasteiger partial charge in [-0.05, 0) is 0 Å². The van der Waals surface area contributed by atoms with Crippen molar-refractivity contribution in [2.24, 2.45) is 0 Å². The lowest BCUT2D eigenvalue weighted by Crippen LogP contribution is -2.41. The first-order chi connectivity index (χ1) is 9.04. The number of hydrogen-bond donors (Lipinski definition) is 5. The van der Waals surface area contributed by atoms with Crippen molar-refractivity contribution in [3.05, 3.63) is 12.7 Å². The van der Waals surface area contributed by atoms with Gasteiger partial charge < -0.3 is 30.7 Å². The molecule has 0 aliphatic rings. The summed E-state index contributed by atoms with van der Waals surface area (Å²) in [4.78, 5) is 11.8. The van der Waals surface area contributed by atoms with E-state index < -0.39 is 24.9 Å². The van der Waals surface area contributed by atoms with Crippen molar-refractivity contribution in [2.75, 3.05) is 12.3 Å². The molecule has 19 heavy (non-hydrogen) atoms. The third-order valence-electron chi connectivity index (χ3n) is 2.79. The summed E-state index contributed by atoms with van der Waals surface area (Å²) >= 11 is 0. The Labute approximate surface area is 108 Å². The maximum absolute atomic E-state index is 9.78. The molecule has 0 aliphatic heterocycles. The van der Waals surface area contributed by atoms with Gasteiger partial charge in [0.25, 0.3) is 0 Å². The highest BCUT2D eigenvalue weighted by Crippen LogP contribution is 2.15. The Balaban J connectivity index is 2.20. The Bertz CT molecular complexity index is 560. The van der Waals surface area contributed by atoms with Gasteiger partial charge in [0, 0.05) is 0 Å². The van der Waals surface area contributed by atoms with Gasteiger partial charge in [0.1, 0.15) is 30.2 Å². The normalized spacial score (nSPS) is 16.4. The highest BCUT2D eigenvalue weighted by Gasteiger charge is 2.25. The number of fused-ring (bicyclic) bond motifs is 1. The van der Waals surface area contributed by atoms with E-state index in [0.29, 0.717) is 11.2 Å². The van der Waals surface area contributed by atoms with Gasteiger partial charge in [-0.1, -0.05) is 0 Å². The summed E-state index contributed by atoms with van der Waals surface area (Å²) in [7, 11) is 0. The molecule has 6 N–H and O–H groups in total. The molecule has 9 heteroatoms. The van der Waals surface area contributed by atoms with Crippen LogP contribution in [0.5, 0.6) is 0 Å². The van der Waals surface area contributed by atoms with Crippen molar-refractivity contribution in [1.29, 1.82) is 0 Å². The van der Waals surface area contributed by atoms with Crippen molar-refractivity contribution in [1.82, 2.24) is 19.5 Å². The molecule has 3 atom stereocenters. The number of aliphatic hydroxyl groups is 4. The Hall–Kier alpha value is -1.81. The van der Waals surface area contributed by atoms with E-state index in [4.69, 9.17) is 10.8 Å². The summed E-state index contributed by atoms with van der Waals surface area (Å²) in [5, 5.41) is 37.3. The molecule has 0 amide bonds. The van der Waals surface area contributed by atoms with E-state index in [9.17, 15) is 15.3 Å². The molecule has 0 unspecified atom stereocenters. The summed E-state index contributed by atoms with van der Waals surface area (Å²) in [6.07, 6.45) is -1.50. The van der Waals surface area contributed by atoms with Crippen molar-refractivity contribution in [3.63, 3.8) is 0 Å². The topological polar surface area (TPSA) is 151 Å². The summed E-state index contributed by atoms with van der Waals surface area (Å²) in [5.41, 5.74) is 6.43. The van der Waals surface area contributed by atoms with E-state index in [-0.39, 0.29) is 12.4 Å². The van der Waals surface area contributed by atoms with Crippen LogP contribution in [-0.4, -0.2) is 64.9 Å². The Morgan fingerprint density at radius 2 is 1.89 bits per heavy atom. The first-order valence-corrected chi connectivity index (χ1v) is 5.61. The van der Waals surface area contributed by atoms with Crippen LogP contribution in [-0.2, 0) is 6.54 Å². The lowest BCUT2D eigenvalue weighted by Gasteiger charge is -2.21. The molecular formula is C10H15N5O4. The predicted octanol–water partition coefficient (Wildman–Crippen LogP) is -2.52. The number of nitrogen functional groups attached to an aromatic ring is 1. The molecule has 2 rings (SSSR count). The number of aliphatic hydroxyl groups excluding tert-OH is 4. The van der Waals surface area contributed by atoms with Crippen molar-refractivity contribution in [3.8, 4) is 0 Å². The largest absolute Gasteiger partial charge is 0.394 e. The molecule has 104 valence electrons. The van der Waals surface area contributed by atoms with Crippen molar-refractivity contribution < 1.29 is 20.4 Å². The van der Waals surface area contributed by atoms with Crippen LogP contribution < -0.4 is 5.73 Å². The fourth-order valence-corrected chi connectivity index (χ4v) is 1.71. The van der Waals surface area contributed by atoms with Crippen LogP contribution in [0, 0.1) is 0 Å². The van der Waals surface area contributed by atoms with Crippen LogP contribution in [0.4, 0.5) is 5.82 Å². The summed E-state index contributed by atoms with van der Waals surface area (Å²) < 4.78 is 1.48. The minimum atomic E-state index is -1.47. The van der Waals surface area contributed by atoms with E-state index in [2.05, 4.69) is 15.0 Å². The van der Waals surface area contributed by atoms with Crippen molar-refractivity contribution in [2.45, 2.75) is 24.9 Å². The first-order valence-electron chi connectivity index (χ1n) is 5.61. The summed E-state index contributed by atoms with van der Waals surface area (Å²) in [6.45, 7) is -0.691. The number of anilines is 1. The lowest BCUT2D eigenvalue weighted by atomic mass is 10.1. The van der Waals surface area contributed by atoms with Gasteiger partial charge in [-0.25, -0.2) is 15.0 Å². The lowest BCUT2D eigenvalue weighted by molar-refractivity contribution is -0.0803. The molecular weight excluding hydrogens is 254 g/mol. The number of nitrogens with two attached hydrogens (primary N) is 1. The van der Waals surface area contributed by atoms with Gasteiger partial charge in [-0.2, -0.15) is 0 Å². The zero-order valence-corrected chi connectivity index (χ0v) is 9.96. The minimum absolute atomic E-state index is 0.0504. The van der Waals surface area contributed by atoms with Crippen LogP contribution in [0.15, 0.2) is 12.7 Å². The number of hydrogen-bond acceptors (Lipinski definition) is 8. The van der Waals surface area contributed by atoms with E-state index in [1.54, 1.807) is 0 Å². The molecule has 2 heterocycles. The van der Waals surface area contributed by atoms with E-state index in [1.165, 1.54) is 17.2 Å². The maximum atomic E-state index is 9.78. The Morgan fingerprint density at radius 1 is 1.16 bits per heavy atom. The van der Waals surface area contributed by atoms with E-state index >= 15 is 0 Å². The number of imidazole rings is 1. The maximum Gasteiger partial charge on any atom is 0.165 e. The molecule has 0 aliphatic carbocycles. The highest BCUT2D eigenvalue weighted by atomic mass is 16.4. The highest BCUT2D eigenvalue weighted by molar-refractivity contribution is 5.81. The van der Waals surface area contributed by atoms with Gasteiger partial charge in [-0.3, -0.25) is 0 Å². The smallest absolute Gasteiger partial charge is 0.165 e. The number of nitrogens with zero attached hydrogens (tertiary/aromatic N) is 4. The SMILES string of the molecule is Nc1ncnc2c1ncn2C[C@H](O)[C@H](O)[C@H](O)CO. The second-order valence-corrected chi connectivity index (χ2v) is 4.14. The molecule has 0 spiro atoms. The molecule has 0 fully saturated rings. The van der Waals surface area contributed by atoms with E-state index in [0.717, 1.165) is 0 Å². The fraction of sp³-hybridized carbons (Fsp3) is 0.500. The standard InChI is InChI=1S/C10H15N5O4/c11-9-7-10(13-3-12-9)15(4-14-7)1-5(17)8(19)6(18)2-16/h3-6,8,16-19H,1-2H2,(H2,11,12,13)/t5-,6+,8-/m0/s1. The molecule has 0 saturated carbocycles. The monoisotopic (exact) mass is 269 g/mol. The minimum Gasteiger partial charge on any atom is -0.394 e. The second kappa shape index (κ2) is 5.45. The molecule has 0 aromatic carbocycles. The van der Waals surface area contributed by atoms with Gasteiger partial charge in [0.05, 0.1) is 19.5 Å². The fourth-order valence-electron chi connectivity index (χ4n) is 1.71. The number of aromatic nitrogens is 4. The van der Waals surface area contributed by atoms with E-state index in [1.807, 2.05) is 0 Å². The summed E-state index contributed by atoms with van der Waals surface area (Å²) in [6, 6.07) is 0. The molecule has 9 nitrogen and oxygen atoms in total. The Kier molecular flexibility index (Phi) is 3.90. The first kappa shape index (κ1) is 13.6. The average molecular weight is 269 g/mol. The zero-order chi connectivity index (χ0) is 14.0. The van der Waals surface area contributed by atoms with Gasteiger partial charge in [0.15, 0.2) is 11.5 Å². The molecule has 2 aromatic rings. The quantitative estimate of drug-likeness (QED) is 0.399. The average Bonchev–Trinajstić information content (AvgIpc) is 2.81. The number of rotatable bonds is 5. The Morgan fingerprint density at radius 3 is 2.58 bits per heavy atom. The van der Waals surface area contributed by atoms with Gasteiger partial charge >= 0.3 is 0 Å². The molecule has 0 radical (unpaired) electrons. The van der Waals surface area contributed by atoms with Crippen LogP contribution in [0.25, 0.3) is 11.2 Å². The van der Waals surface area contributed by atoms with Crippen LogP contribution in [0.1, 0.15) is 0 Å². The zero-order valence-electron chi connectivity index (χ0n) is 9.96. The van der Waals surface area contributed by atoms with Crippen LogP contribution in [0.2, 0.25) is 0 Å². The van der Waals surface area contributed by atoms with Crippen molar-refractivity contribution >= 4 is 17.0 Å². The second-order valence-electron chi connectivity index (χ2n) is 4.14. The van der Waals surface area contributed by atoms with Crippen LogP contribution in [0.3, 0.4) is 0 Å². The molecule has 0 bridgehead atoms. The third kappa shape index (κ3) is 2.63. The van der Waals surface area contributed by atoms with Crippen LogP contribution >= 0.6 is 0 Å². The van der Waals surface area contributed by atoms with Gasteiger partial charge in [0.2, 0.25) is 0 Å². The van der Waals surface area contributed by atoms with Gasteiger partial charge in [-0.15, -0.1) is 0 Å².